The second kappa shape index (κ2) is 30.7. The maximum absolute atomic E-state index is 11.7. The molecule has 1 heterocycles. The Hall–Kier alpha value is -6.34. The number of esters is 4. The fourth-order valence-electron chi connectivity index (χ4n) is 7.14. The minimum atomic E-state index is -1.00. The fourth-order valence-corrected chi connectivity index (χ4v) is 7.14. The lowest BCUT2D eigenvalue weighted by molar-refractivity contribution is -0.148. The number of unbranched alkanes of at least 4 members (excludes halogenated alkanes) is 4. The number of carbonyl (C=O) groups is 6. The van der Waals surface area contributed by atoms with Gasteiger partial charge in [-0.1, -0.05) is 133 Å². The number of fused-ring (bicyclic) bond motifs is 1. The molecule has 0 aliphatic carbocycles. The van der Waals surface area contributed by atoms with Gasteiger partial charge in [-0.2, -0.15) is 0 Å². The molecule has 4 aromatic carbocycles. The van der Waals surface area contributed by atoms with Crippen LogP contribution in [0.5, 0.6) is 0 Å². The predicted octanol–water partition coefficient (Wildman–Crippen LogP) is 12.1. The van der Waals surface area contributed by atoms with Crippen LogP contribution in [0.2, 0.25) is 0 Å². The maximum Gasteiger partial charge on any atom is 0.339 e. The van der Waals surface area contributed by atoms with Crippen molar-refractivity contribution in [3.63, 3.8) is 0 Å². The normalized spacial score (nSPS) is 13.5. The number of carbonyl (C=O) groups excluding carboxylic acids is 4. The van der Waals surface area contributed by atoms with Crippen molar-refractivity contribution in [1.29, 1.82) is 0 Å². The quantitative estimate of drug-likeness (QED) is 0.0559. The zero-order valence-corrected chi connectivity index (χ0v) is 39.5. The lowest BCUT2D eigenvalue weighted by Gasteiger charge is -2.19. The molecule has 13 nitrogen and oxygen atoms in total. The minimum absolute atomic E-state index is 0.00125. The molecule has 0 saturated heterocycles. The molecule has 5 rings (SSSR count). The van der Waals surface area contributed by atoms with Crippen molar-refractivity contribution in [2.24, 2.45) is 0 Å². The summed E-state index contributed by atoms with van der Waals surface area (Å²) < 4.78 is 20.6. The zero-order chi connectivity index (χ0) is 49.0. The molecular formula is C53H68O13. The summed E-state index contributed by atoms with van der Waals surface area (Å²) in [5.41, 5.74) is 4.43. The number of aromatic carboxylic acids is 2. The molecule has 13 heteroatoms. The van der Waals surface area contributed by atoms with Crippen LogP contribution in [0.4, 0.5) is 0 Å². The van der Waals surface area contributed by atoms with Gasteiger partial charge in [-0.05, 0) is 74.8 Å². The van der Waals surface area contributed by atoms with E-state index in [1.807, 2.05) is 44.2 Å². The van der Waals surface area contributed by atoms with Crippen molar-refractivity contribution in [2.75, 3.05) is 7.11 Å². The van der Waals surface area contributed by atoms with Crippen molar-refractivity contribution >= 4 is 35.8 Å². The molecule has 4 unspecified atom stereocenters. The lowest BCUT2D eigenvalue weighted by Crippen LogP contribution is -2.14. The smallest absolute Gasteiger partial charge is 0.339 e. The summed E-state index contributed by atoms with van der Waals surface area (Å²) in [7, 11) is 1.34. The van der Waals surface area contributed by atoms with E-state index in [0.29, 0.717) is 41.5 Å². The topological polar surface area (TPSA) is 200 Å². The number of hydrogen-bond donors (Lipinski definition) is 3. The molecule has 4 atom stereocenters. The van der Waals surface area contributed by atoms with Gasteiger partial charge in [-0.3, -0.25) is 9.59 Å². The van der Waals surface area contributed by atoms with Crippen LogP contribution in [0.15, 0.2) is 97.1 Å². The van der Waals surface area contributed by atoms with Gasteiger partial charge in [-0.25, -0.2) is 19.2 Å². The van der Waals surface area contributed by atoms with Crippen molar-refractivity contribution in [2.45, 2.75) is 143 Å². The molecule has 0 aromatic heterocycles. The van der Waals surface area contributed by atoms with Crippen LogP contribution in [-0.4, -0.2) is 58.2 Å². The summed E-state index contributed by atoms with van der Waals surface area (Å²) in [6.07, 6.45) is 9.25. The van der Waals surface area contributed by atoms with Crippen LogP contribution in [-0.2, 0) is 28.5 Å². The standard InChI is InChI=1S/C15H20O4.C14H18O4.C12H16O3.C12H14O2/c1-4-5-10-14(19-11(2)16)12-8-6-7-9-13(12)15(17)18-3;1-3-4-9-13(18-10(2)15)11-7-5-6-8-12(11)14(16)17;1-2-3-8-11(13)9-6-4-5-7-10(9)12(14)15;1-2-3-8-11-9-6-4-5-7-10(9)12(13)14-11/h6-9,14H,4-5,10H2,1-3H3;5-8,13H,3-4,9H2,1-2H3,(H,16,17);4-7,11,13H,2-3,8H2,1H3,(H,14,15);4-7,11H,2-3,8H2,1H3. The molecule has 1 aliphatic heterocycles. The Morgan fingerprint density at radius 1 is 0.576 bits per heavy atom. The van der Waals surface area contributed by atoms with Gasteiger partial charge in [0.2, 0.25) is 0 Å². The number of carboxylic acids is 2. The molecule has 66 heavy (non-hydrogen) atoms. The molecule has 3 N–H and O–H groups in total. The average molecular weight is 913 g/mol. The lowest BCUT2D eigenvalue weighted by atomic mass is 9.98. The summed E-state index contributed by atoms with van der Waals surface area (Å²) in [5, 5.41) is 27.9. The molecule has 0 amide bonds. The monoisotopic (exact) mass is 912 g/mol. The number of ether oxygens (including phenoxy) is 4. The first kappa shape index (κ1) is 55.8. The summed E-state index contributed by atoms with van der Waals surface area (Å²) in [6, 6.07) is 28.0. The second-order valence-electron chi connectivity index (χ2n) is 15.6. The molecule has 4 aromatic rings. The SMILES string of the molecule is CCCCC(O)c1ccccc1C(=O)O.CCCCC(OC(C)=O)c1ccccc1C(=O)O.CCCCC(OC(C)=O)c1ccccc1C(=O)OC.CCCCC1OC(=O)c2ccccc21. The van der Waals surface area contributed by atoms with E-state index in [9.17, 15) is 33.9 Å². The number of hydrogen-bond acceptors (Lipinski definition) is 11. The Labute approximate surface area is 389 Å². The van der Waals surface area contributed by atoms with E-state index < -0.39 is 42.2 Å². The second-order valence-corrected chi connectivity index (χ2v) is 15.6. The van der Waals surface area contributed by atoms with E-state index in [1.165, 1.54) is 33.1 Å². The van der Waals surface area contributed by atoms with E-state index in [2.05, 4.69) is 13.8 Å². The van der Waals surface area contributed by atoms with Crippen LogP contribution in [0.3, 0.4) is 0 Å². The van der Waals surface area contributed by atoms with Crippen molar-refractivity contribution in [3.8, 4) is 0 Å². The van der Waals surface area contributed by atoms with E-state index >= 15 is 0 Å². The van der Waals surface area contributed by atoms with Gasteiger partial charge in [0.25, 0.3) is 0 Å². The van der Waals surface area contributed by atoms with Crippen molar-refractivity contribution in [3.05, 3.63) is 142 Å². The summed E-state index contributed by atoms with van der Waals surface area (Å²) in [4.78, 5) is 67.5. The highest BCUT2D eigenvalue weighted by atomic mass is 16.6. The average Bonchev–Trinajstić information content (AvgIpc) is 3.64. The molecule has 358 valence electrons. The molecular weight excluding hydrogens is 845 g/mol. The van der Waals surface area contributed by atoms with Gasteiger partial charge in [0.1, 0.15) is 18.3 Å². The Bertz CT molecular complexity index is 2140. The number of cyclic esters (lactones) is 1. The molecule has 0 spiro atoms. The molecule has 0 saturated carbocycles. The first-order chi connectivity index (χ1) is 31.6. The molecule has 0 bridgehead atoms. The van der Waals surface area contributed by atoms with E-state index in [4.69, 9.17) is 29.2 Å². The highest BCUT2D eigenvalue weighted by molar-refractivity contribution is 5.94. The first-order valence-electron chi connectivity index (χ1n) is 22.8. The summed E-state index contributed by atoms with van der Waals surface area (Å²) in [6.45, 7) is 11.0. The predicted molar refractivity (Wildman–Crippen MR) is 251 cm³/mol. The van der Waals surface area contributed by atoms with Crippen LogP contribution in [0, 0.1) is 0 Å². The summed E-state index contributed by atoms with van der Waals surface area (Å²) >= 11 is 0. The van der Waals surface area contributed by atoms with Crippen molar-refractivity contribution in [1.82, 2.24) is 0 Å². The van der Waals surface area contributed by atoms with Gasteiger partial charge < -0.3 is 34.3 Å². The van der Waals surface area contributed by atoms with E-state index in [0.717, 1.165) is 68.9 Å². The Kier molecular flexibility index (Phi) is 26.0. The van der Waals surface area contributed by atoms with Crippen LogP contribution in [0.25, 0.3) is 0 Å². The number of aliphatic hydroxyl groups excluding tert-OH is 1. The van der Waals surface area contributed by atoms with Gasteiger partial charge in [0, 0.05) is 30.5 Å². The van der Waals surface area contributed by atoms with Crippen LogP contribution in [0.1, 0.15) is 207 Å². The third kappa shape index (κ3) is 18.6. The van der Waals surface area contributed by atoms with Gasteiger partial charge >= 0.3 is 35.8 Å². The number of benzene rings is 4. The zero-order valence-electron chi connectivity index (χ0n) is 39.5. The van der Waals surface area contributed by atoms with E-state index in [-0.39, 0.29) is 29.2 Å². The van der Waals surface area contributed by atoms with Crippen molar-refractivity contribution < 1.29 is 63.0 Å². The van der Waals surface area contributed by atoms with Crippen LogP contribution < -0.4 is 0 Å². The van der Waals surface area contributed by atoms with Gasteiger partial charge in [0.15, 0.2) is 0 Å². The maximum atomic E-state index is 11.7. The largest absolute Gasteiger partial charge is 0.478 e. The first-order valence-corrected chi connectivity index (χ1v) is 22.8. The van der Waals surface area contributed by atoms with Gasteiger partial charge in [0.05, 0.1) is 35.5 Å². The molecule has 0 radical (unpaired) electrons. The minimum Gasteiger partial charge on any atom is -0.478 e. The fraction of sp³-hybridized carbons (Fsp3) is 0.434. The Balaban J connectivity index is 0.000000304. The number of carboxylic acid groups (broad SMARTS) is 2. The number of aliphatic hydroxyl groups is 1. The Morgan fingerprint density at radius 2 is 0.985 bits per heavy atom. The highest BCUT2D eigenvalue weighted by Gasteiger charge is 2.29. The van der Waals surface area contributed by atoms with Gasteiger partial charge in [-0.15, -0.1) is 0 Å². The summed E-state index contributed by atoms with van der Waals surface area (Å²) in [5.74, 6) is -3.30. The number of methoxy groups -OCH3 is 1. The third-order valence-corrected chi connectivity index (χ3v) is 10.5. The van der Waals surface area contributed by atoms with Crippen LogP contribution >= 0.6 is 0 Å². The Morgan fingerprint density at radius 3 is 1.45 bits per heavy atom. The molecule has 1 aliphatic rings. The number of rotatable bonds is 20. The highest BCUT2D eigenvalue weighted by Crippen LogP contribution is 2.34. The third-order valence-electron chi connectivity index (χ3n) is 10.5. The van der Waals surface area contributed by atoms with E-state index in [1.54, 1.807) is 54.6 Å². The molecule has 0 fully saturated rings.